The number of ether oxygens (including phenoxy) is 1. The third kappa shape index (κ3) is 4.44. The summed E-state index contributed by atoms with van der Waals surface area (Å²) in [5.41, 5.74) is 2.77. The van der Waals surface area contributed by atoms with Gasteiger partial charge in [-0.1, -0.05) is 17.7 Å². The summed E-state index contributed by atoms with van der Waals surface area (Å²) < 4.78 is 4.65. The molecule has 7 nitrogen and oxygen atoms in total. The first-order valence-corrected chi connectivity index (χ1v) is 8.69. The molecule has 28 heavy (non-hydrogen) atoms. The molecule has 3 aromatic rings. The molecule has 0 saturated heterocycles. The average molecular weight is 397 g/mol. The maximum Gasteiger partial charge on any atom is 0.337 e. The number of carbonyl (C=O) groups is 2. The first-order chi connectivity index (χ1) is 13.5. The van der Waals surface area contributed by atoms with Crippen LogP contribution in [-0.2, 0) is 4.74 Å². The number of methoxy groups -OCH3 is 1. The number of rotatable bonds is 5. The topological polar surface area (TPSA) is 93.2 Å². The van der Waals surface area contributed by atoms with E-state index in [4.69, 9.17) is 11.6 Å². The number of halogens is 1. The minimum absolute atomic E-state index is 0.189. The van der Waals surface area contributed by atoms with Gasteiger partial charge < -0.3 is 15.4 Å². The highest BCUT2D eigenvalue weighted by Crippen LogP contribution is 2.25. The number of nitrogens with one attached hydrogen (secondary N) is 2. The van der Waals surface area contributed by atoms with Crippen LogP contribution in [0.4, 0.5) is 17.2 Å². The van der Waals surface area contributed by atoms with Crippen molar-refractivity contribution in [3.05, 3.63) is 76.7 Å². The molecule has 0 aliphatic rings. The maximum absolute atomic E-state index is 12.5. The van der Waals surface area contributed by atoms with Gasteiger partial charge >= 0.3 is 5.97 Å². The van der Waals surface area contributed by atoms with E-state index in [9.17, 15) is 9.59 Å². The number of amides is 1. The number of aromatic nitrogens is 2. The Kier molecular flexibility index (Phi) is 5.86. The molecule has 0 saturated carbocycles. The number of anilines is 3. The molecule has 1 aromatic heterocycles. The fraction of sp³-hybridized carbons (Fsp3) is 0.100. The molecule has 2 aromatic carbocycles. The lowest BCUT2D eigenvalue weighted by atomic mass is 10.2. The second-order valence-electron chi connectivity index (χ2n) is 5.85. The van der Waals surface area contributed by atoms with Gasteiger partial charge in [-0.3, -0.25) is 4.79 Å². The van der Waals surface area contributed by atoms with Gasteiger partial charge in [-0.05, 0) is 48.9 Å². The highest BCUT2D eigenvalue weighted by atomic mass is 35.5. The molecule has 0 fully saturated rings. The van der Waals surface area contributed by atoms with Crippen LogP contribution in [0.2, 0.25) is 5.02 Å². The summed E-state index contributed by atoms with van der Waals surface area (Å²) in [5, 5.41) is 6.49. The predicted octanol–water partition coefficient (Wildman–Crippen LogP) is 4.22. The summed E-state index contributed by atoms with van der Waals surface area (Å²) >= 11 is 6.13. The molecular formula is C20H17ClN4O3. The van der Waals surface area contributed by atoms with Crippen molar-refractivity contribution in [3.8, 4) is 0 Å². The Hall–Kier alpha value is -3.45. The van der Waals surface area contributed by atoms with Gasteiger partial charge in [-0.2, -0.15) is 0 Å². The average Bonchev–Trinajstić information content (AvgIpc) is 2.71. The van der Waals surface area contributed by atoms with E-state index in [-0.39, 0.29) is 5.69 Å². The lowest BCUT2D eigenvalue weighted by Gasteiger charge is -2.11. The molecule has 0 spiro atoms. The Morgan fingerprint density at radius 2 is 1.82 bits per heavy atom. The van der Waals surface area contributed by atoms with E-state index in [2.05, 4.69) is 25.3 Å². The van der Waals surface area contributed by atoms with Crippen LogP contribution in [0.3, 0.4) is 0 Å². The Bertz CT molecular complexity index is 1020. The fourth-order valence-electron chi connectivity index (χ4n) is 2.43. The van der Waals surface area contributed by atoms with Crippen LogP contribution in [-0.4, -0.2) is 29.0 Å². The van der Waals surface area contributed by atoms with Gasteiger partial charge in [0, 0.05) is 22.5 Å². The van der Waals surface area contributed by atoms with Gasteiger partial charge in [0.15, 0.2) is 0 Å². The van der Waals surface area contributed by atoms with Crippen LogP contribution in [0.25, 0.3) is 0 Å². The molecule has 142 valence electrons. The molecule has 2 N–H and O–H groups in total. The lowest BCUT2D eigenvalue weighted by Crippen LogP contribution is -2.14. The highest BCUT2D eigenvalue weighted by molar-refractivity contribution is 6.31. The van der Waals surface area contributed by atoms with Gasteiger partial charge in [0.1, 0.15) is 17.8 Å². The molecule has 0 unspecified atom stereocenters. The van der Waals surface area contributed by atoms with Gasteiger partial charge in [-0.15, -0.1) is 0 Å². The Morgan fingerprint density at radius 3 is 2.54 bits per heavy atom. The summed E-state index contributed by atoms with van der Waals surface area (Å²) in [4.78, 5) is 32.1. The standard InChI is InChI=1S/C20H17ClN4O3/c1-12-15(21)4-3-5-16(12)25-18-10-17(22-11-23-18)19(26)24-14-8-6-13(7-9-14)20(27)28-2/h3-11H,1-2H3,(H,24,26)(H,22,23,25). The van der Waals surface area contributed by atoms with Crippen LogP contribution in [0, 0.1) is 6.92 Å². The van der Waals surface area contributed by atoms with Crippen molar-refractivity contribution in [1.82, 2.24) is 9.97 Å². The molecule has 8 heteroatoms. The van der Waals surface area contributed by atoms with E-state index in [0.29, 0.717) is 22.1 Å². The monoisotopic (exact) mass is 396 g/mol. The maximum atomic E-state index is 12.5. The number of hydrogen-bond donors (Lipinski definition) is 2. The van der Waals surface area contributed by atoms with Crippen molar-refractivity contribution < 1.29 is 14.3 Å². The summed E-state index contributed by atoms with van der Waals surface area (Å²) in [7, 11) is 1.31. The summed E-state index contributed by atoms with van der Waals surface area (Å²) in [6.45, 7) is 1.89. The second-order valence-corrected chi connectivity index (χ2v) is 6.26. The van der Waals surface area contributed by atoms with Crippen molar-refractivity contribution in [2.45, 2.75) is 6.92 Å². The van der Waals surface area contributed by atoms with E-state index in [1.807, 2.05) is 19.1 Å². The van der Waals surface area contributed by atoms with Gasteiger partial charge in [-0.25, -0.2) is 14.8 Å². The first-order valence-electron chi connectivity index (χ1n) is 8.32. The Balaban J connectivity index is 1.73. The molecule has 0 aliphatic carbocycles. The zero-order valence-electron chi connectivity index (χ0n) is 15.2. The zero-order chi connectivity index (χ0) is 20.1. The van der Waals surface area contributed by atoms with Crippen LogP contribution in [0.5, 0.6) is 0 Å². The van der Waals surface area contributed by atoms with Crippen LogP contribution >= 0.6 is 11.6 Å². The first kappa shape index (κ1) is 19.3. The van der Waals surface area contributed by atoms with E-state index in [1.165, 1.54) is 13.4 Å². The number of carbonyl (C=O) groups excluding carboxylic acids is 2. The largest absolute Gasteiger partial charge is 0.465 e. The van der Waals surface area contributed by atoms with Gasteiger partial charge in [0.05, 0.1) is 12.7 Å². The minimum atomic E-state index is -0.444. The fourth-order valence-corrected chi connectivity index (χ4v) is 2.61. The molecule has 1 heterocycles. The van der Waals surface area contributed by atoms with Crippen LogP contribution in [0.1, 0.15) is 26.4 Å². The summed E-state index contributed by atoms with van der Waals surface area (Å²) in [6, 6.07) is 13.4. The quantitative estimate of drug-likeness (QED) is 0.627. The molecular weight excluding hydrogens is 380 g/mol. The van der Waals surface area contributed by atoms with E-state index >= 15 is 0 Å². The molecule has 0 radical (unpaired) electrons. The highest BCUT2D eigenvalue weighted by Gasteiger charge is 2.11. The van der Waals surface area contributed by atoms with E-state index < -0.39 is 11.9 Å². The van der Waals surface area contributed by atoms with Crippen molar-refractivity contribution in [2.75, 3.05) is 17.7 Å². The minimum Gasteiger partial charge on any atom is -0.465 e. The number of hydrogen-bond acceptors (Lipinski definition) is 6. The molecule has 0 bridgehead atoms. The lowest BCUT2D eigenvalue weighted by molar-refractivity contribution is 0.0600. The van der Waals surface area contributed by atoms with E-state index in [0.717, 1.165) is 11.3 Å². The normalized spacial score (nSPS) is 10.2. The number of nitrogens with zero attached hydrogens (tertiary/aromatic N) is 2. The summed E-state index contributed by atoms with van der Waals surface area (Å²) in [5.74, 6) is -0.383. The zero-order valence-corrected chi connectivity index (χ0v) is 15.9. The Labute approximate surface area is 166 Å². The number of esters is 1. The van der Waals surface area contributed by atoms with Crippen LogP contribution in [0.15, 0.2) is 54.9 Å². The van der Waals surface area contributed by atoms with Crippen molar-refractivity contribution in [1.29, 1.82) is 0 Å². The van der Waals surface area contributed by atoms with Crippen molar-refractivity contribution in [3.63, 3.8) is 0 Å². The smallest absolute Gasteiger partial charge is 0.337 e. The van der Waals surface area contributed by atoms with Gasteiger partial charge in [0.2, 0.25) is 0 Å². The van der Waals surface area contributed by atoms with Crippen LogP contribution < -0.4 is 10.6 Å². The SMILES string of the molecule is COC(=O)c1ccc(NC(=O)c2cc(Nc3cccc(Cl)c3C)ncn2)cc1. The Morgan fingerprint density at radius 1 is 1.07 bits per heavy atom. The second kappa shape index (κ2) is 8.49. The molecule has 1 amide bonds. The third-order valence-corrected chi connectivity index (χ3v) is 4.40. The third-order valence-electron chi connectivity index (χ3n) is 3.99. The summed E-state index contributed by atoms with van der Waals surface area (Å²) in [6.07, 6.45) is 1.30. The predicted molar refractivity (Wildman–Crippen MR) is 107 cm³/mol. The number of benzene rings is 2. The molecule has 3 rings (SSSR count). The van der Waals surface area contributed by atoms with Gasteiger partial charge in [0.25, 0.3) is 5.91 Å². The van der Waals surface area contributed by atoms with E-state index in [1.54, 1.807) is 36.4 Å². The molecule has 0 aliphatic heterocycles. The molecule has 0 atom stereocenters. The van der Waals surface area contributed by atoms with Crippen molar-refractivity contribution in [2.24, 2.45) is 0 Å². The van der Waals surface area contributed by atoms with Crippen molar-refractivity contribution >= 4 is 40.7 Å².